The number of halogens is 3. The molecule has 130 valence electrons. The van der Waals surface area contributed by atoms with E-state index in [4.69, 9.17) is 33.2 Å². The maximum absolute atomic E-state index is 13.2. The zero-order valence-electron chi connectivity index (χ0n) is 13.0. The Balaban J connectivity index is 2.01. The van der Waals surface area contributed by atoms with Crippen LogP contribution in [0.5, 0.6) is 5.88 Å². The van der Waals surface area contributed by atoms with Crippen LogP contribution in [-0.2, 0) is 11.3 Å². The summed E-state index contributed by atoms with van der Waals surface area (Å²) in [6.07, 6.45) is 1.97. The molecule has 25 heavy (non-hydrogen) atoms. The molecule has 2 aromatic rings. The first-order chi connectivity index (χ1) is 11.9. The van der Waals surface area contributed by atoms with E-state index in [9.17, 15) is 9.18 Å². The molecule has 0 bridgehead atoms. The van der Waals surface area contributed by atoms with Gasteiger partial charge in [-0.1, -0.05) is 30.1 Å². The molecule has 1 atom stereocenters. The second-order valence-corrected chi connectivity index (χ2v) is 5.56. The van der Waals surface area contributed by atoms with Gasteiger partial charge < -0.3 is 10.1 Å². The lowest BCUT2D eigenvalue weighted by molar-refractivity contribution is -0.128. The molecular weight excluding hydrogens is 372 g/mol. The third-order valence-electron chi connectivity index (χ3n) is 3.07. The Kier molecular flexibility index (Phi) is 6.44. The van der Waals surface area contributed by atoms with E-state index >= 15 is 0 Å². The maximum Gasteiger partial charge on any atom is 0.261 e. The van der Waals surface area contributed by atoms with Gasteiger partial charge in [-0.15, -0.1) is 0 Å². The molecule has 0 aliphatic heterocycles. The lowest BCUT2D eigenvalue weighted by atomic mass is 10.2. The fourth-order valence-electron chi connectivity index (χ4n) is 1.84. The van der Waals surface area contributed by atoms with Gasteiger partial charge in [0, 0.05) is 12.7 Å². The first-order valence-corrected chi connectivity index (χ1v) is 7.87. The van der Waals surface area contributed by atoms with Crippen molar-refractivity contribution in [3.63, 3.8) is 0 Å². The van der Waals surface area contributed by atoms with Gasteiger partial charge in [0.2, 0.25) is 5.95 Å². The Labute approximate surface area is 152 Å². The van der Waals surface area contributed by atoms with Crippen LogP contribution in [0.3, 0.4) is 0 Å². The molecule has 2 rings (SSSR count). The topological polar surface area (TPSA) is 101 Å². The van der Waals surface area contributed by atoms with Crippen molar-refractivity contribution < 1.29 is 13.9 Å². The summed E-state index contributed by atoms with van der Waals surface area (Å²) >= 11 is 11.5. The lowest BCUT2D eigenvalue weighted by Gasteiger charge is -2.17. The summed E-state index contributed by atoms with van der Waals surface area (Å²) in [7, 11) is 0. The third-order valence-corrected chi connectivity index (χ3v) is 3.50. The number of amides is 1. The van der Waals surface area contributed by atoms with E-state index in [0.717, 1.165) is 0 Å². The third kappa shape index (κ3) is 4.98. The van der Waals surface area contributed by atoms with Crippen molar-refractivity contribution >= 4 is 29.1 Å². The highest BCUT2D eigenvalue weighted by molar-refractivity contribution is 6.33. The van der Waals surface area contributed by atoms with Crippen LogP contribution in [0.4, 0.5) is 4.39 Å². The van der Waals surface area contributed by atoms with Crippen LogP contribution >= 0.6 is 23.2 Å². The van der Waals surface area contributed by atoms with E-state index in [1.54, 1.807) is 13.0 Å². The molecule has 2 aromatic heterocycles. The highest BCUT2D eigenvalue weighted by Gasteiger charge is 2.21. The Bertz CT molecular complexity index is 828. The highest BCUT2D eigenvalue weighted by atomic mass is 35.5. The van der Waals surface area contributed by atoms with Crippen LogP contribution in [0.2, 0.25) is 10.3 Å². The largest absolute Gasteiger partial charge is 0.462 e. The number of aromatic nitrogens is 3. The van der Waals surface area contributed by atoms with Gasteiger partial charge >= 0.3 is 0 Å². The summed E-state index contributed by atoms with van der Waals surface area (Å²) in [4.78, 5) is 23.4. The fraction of sp³-hybridized carbons (Fsp3) is 0.267. The first-order valence-electron chi connectivity index (χ1n) is 7.11. The van der Waals surface area contributed by atoms with Gasteiger partial charge in [-0.2, -0.15) is 9.65 Å². The van der Waals surface area contributed by atoms with Gasteiger partial charge in [0.15, 0.2) is 11.3 Å². The number of nitrogens with one attached hydrogen (secondary N) is 1. The van der Waals surface area contributed by atoms with Crippen LogP contribution in [0.1, 0.15) is 24.5 Å². The smallest absolute Gasteiger partial charge is 0.261 e. The summed E-state index contributed by atoms with van der Waals surface area (Å²) in [6.45, 7) is 1.80. The molecule has 0 radical (unpaired) electrons. The van der Waals surface area contributed by atoms with Gasteiger partial charge in [0.05, 0.1) is 6.20 Å². The standard InChI is InChI=1S/C15H12Cl2FN5O2/c1-2-10(25-15-12(17)23-11(16)7-22-15)14(24)21-6-8-3-9(4-19)13(18)20-5-8/h3,5,7,10H,2,6H2,1H3,(H,21,24). The molecule has 1 unspecified atom stereocenters. The summed E-state index contributed by atoms with van der Waals surface area (Å²) in [5.74, 6) is -1.30. The first kappa shape index (κ1) is 18.8. The zero-order chi connectivity index (χ0) is 18.4. The number of nitrogens with zero attached hydrogens (tertiary/aromatic N) is 4. The van der Waals surface area contributed by atoms with E-state index in [1.165, 1.54) is 18.5 Å². The molecule has 0 saturated carbocycles. The van der Waals surface area contributed by atoms with Crippen LogP contribution in [0.25, 0.3) is 0 Å². The van der Waals surface area contributed by atoms with Crippen molar-refractivity contribution in [3.8, 4) is 11.9 Å². The normalized spacial score (nSPS) is 11.5. The monoisotopic (exact) mass is 383 g/mol. The number of rotatable bonds is 6. The molecule has 0 spiro atoms. The molecule has 0 aliphatic carbocycles. The van der Waals surface area contributed by atoms with Crippen molar-refractivity contribution in [3.05, 3.63) is 45.8 Å². The van der Waals surface area contributed by atoms with E-state index in [-0.39, 0.29) is 28.3 Å². The van der Waals surface area contributed by atoms with Crippen LogP contribution in [-0.4, -0.2) is 27.0 Å². The molecule has 1 N–H and O–H groups in total. The highest BCUT2D eigenvalue weighted by Crippen LogP contribution is 2.22. The SMILES string of the molecule is CCC(Oc1ncc(Cl)nc1Cl)C(=O)NCc1cnc(F)c(C#N)c1. The minimum absolute atomic E-state index is 0.0108. The van der Waals surface area contributed by atoms with E-state index in [1.807, 2.05) is 0 Å². The fourth-order valence-corrected chi connectivity index (χ4v) is 2.20. The number of carbonyl (C=O) groups is 1. The molecule has 10 heteroatoms. The maximum atomic E-state index is 13.2. The predicted octanol–water partition coefficient (Wildman–Crippen LogP) is 2.66. The molecule has 0 aromatic carbocycles. The summed E-state index contributed by atoms with van der Waals surface area (Å²) in [6, 6.07) is 3.00. The Morgan fingerprint density at radius 3 is 2.84 bits per heavy atom. The van der Waals surface area contributed by atoms with Crippen LogP contribution in [0, 0.1) is 17.3 Å². The minimum Gasteiger partial charge on any atom is -0.462 e. The van der Waals surface area contributed by atoms with Crippen molar-refractivity contribution in [2.24, 2.45) is 0 Å². The Hall–Kier alpha value is -2.50. The van der Waals surface area contributed by atoms with Gasteiger partial charge in [-0.3, -0.25) is 4.79 Å². The number of hydrogen-bond acceptors (Lipinski definition) is 6. The van der Waals surface area contributed by atoms with Crippen molar-refractivity contribution in [1.29, 1.82) is 5.26 Å². The number of hydrogen-bond donors (Lipinski definition) is 1. The summed E-state index contributed by atoms with van der Waals surface area (Å²) in [5, 5.41) is 11.5. The number of carbonyl (C=O) groups excluding carboxylic acids is 1. The number of pyridine rings is 1. The van der Waals surface area contributed by atoms with E-state index < -0.39 is 18.0 Å². The number of nitriles is 1. The van der Waals surface area contributed by atoms with E-state index in [0.29, 0.717) is 12.0 Å². The molecular formula is C15H12Cl2FN5O2. The molecule has 0 aliphatic rings. The molecule has 0 saturated heterocycles. The minimum atomic E-state index is -0.864. The second kappa shape index (κ2) is 8.55. The van der Waals surface area contributed by atoms with Crippen LogP contribution in [0.15, 0.2) is 18.5 Å². The zero-order valence-corrected chi connectivity index (χ0v) is 14.5. The van der Waals surface area contributed by atoms with Gasteiger partial charge in [-0.05, 0) is 18.1 Å². The number of ether oxygens (including phenoxy) is 1. The second-order valence-electron chi connectivity index (χ2n) is 4.81. The van der Waals surface area contributed by atoms with Crippen molar-refractivity contribution in [2.45, 2.75) is 26.0 Å². The average molecular weight is 384 g/mol. The molecule has 7 nitrogen and oxygen atoms in total. The van der Waals surface area contributed by atoms with Crippen molar-refractivity contribution in [2.75, 3.05) is 0 Å². The summed E-state index contributed by atoms with van der Waals surface area (Å²) in [5.41, 5.74) is 0.281. The summed E-state index contributed by atoms with van der Waals surface area (Å²) < 4.78 is 18.6. The van der Waals surface area contributed by atoms with Gasteiger partial charge in [0.1, 0.15) is 16.8 Å². The predicted molar refractivity (Wildman–Crippen MR) is 87.5 cm³/mol. The molecule has 0 fully saturated rings. The van der Waals surface area contributed by atoms with E-state index in [2.05, 4.69) is 20.3 Å². The Morgan fingerprint density at radius 1 is 1.44 bits per heavy atom. The quantitative estimate of drug-likeness (QED) is 0.769. The Morgan fingerprint density at radius 2 is 2.20 bits per heavy atom. The van der Waals surface area contributed by atoms with Gasteiger partial charge in [0.25, 0.3) is 11.8 Å². The average Bonchev–Trinajstić information content (AvgIpc) is 2.60. The van der Waals surface area contributed by atoms with Gasteiger partial charge in [-0.25, -0.2) is 15.0 Å². The van der Waals surface area contributed by atoms with Crippen LogP contribution < -0.4 is 10.1 Å². The van der Waals surface area contributed by atoms with Crippen molar-refractivity contribution in [1.82, 2.24) is 20.3 Å². The lowest BCUT2D eigenvalue weighted by Crippen LogP contribution is -2.37. The molecule has 1 amide bonds. The molecule has 2 heterocycles.